The van der Waals surface area contributed by atoms with Gasteiger partial charge in [-0.1, -0.05) is 12.1 Å². The summed E-state index contributed by atoms with van der Waals surface area (Å²) in [6.07, 6.45) is 5.46. The Labute approximate surface area is 160 Å². The summed E-state index contributed by atoms with van der Waals surface area (Å²) in [5.41, 5.74) is 3.80. The van der Waals surface area contributed by atoms with Gasteiger partial charge in [0.05, 0.1) is 11.9 Å². The molecule has 0 saturated carbocycles. The van der Waals surface area contributed by atoms with E-state index in [2.05, 4.69) is 30.8 Å². The summed E-state index contributed by atoms with van der Waals surface area (Å²) in [6, 6.07) is 11.2. The highest BCUT2D eigenvalue weighted by Gasteiger charge is 2.15. The van der Waals surface area contributed by atoms with Crippen molar-refractivity contribution in [2.45, 2.75) is 6.42 Å². The monoisotopic (exact) mass is 374 g/mol. The van der Waals surface area contributed by atoms with Crippen LogP contribution in [0.2, 0.25) is 0 Å². The van der Waals surface area contributed by atoms with Crippen LogP contribution in [0.3, 0.4) is 0 Å². The normalized spacial score (nSPS) is 10.8. The molecule has 4 aromatic rings. The fourth-order valence-electron chi connectivity index (χ4n) is 3.08. The maximum absolute atomic E-state index is 12.6. The standard InChI is InChI=1S/C20H18N6O2/c1-21-20(28)18-9-13(19(27)26-15-10-23-24-11-15)8-14(25-18)7-12-3-2-4-17-16(12)5-6-22-17/h2-6,8-11,22H,7H2,1H3,(H,21,28)(H,23,24)(H,26,27). The first-order valence-electron chi connectivity index (χ1n) is 8.72. The maximum atomic E-state index is 12.6. The number of benzene rings is 1. The molecule has 0 aliphatic heterocycles. The first-order valence-corrected chi connectivity index (χ1v) is 8.72. The number of fused-ring (bicyclic) bond motifs is 1. The Hall–Kier alpha value is -3.94. The number of pyridine rings is 1. The molecular weight excluding hydrogens is 356 g/mol. The zero-order valence-electron chi connectivity index (χ0n) is 15.1. The molecule has 4 rings (SSSR count). The van der Waals surface area contributed by atoms with Gasteiger partial charge in [0.1, 0.15) is 5.69 Å². The van der Waals surface area contributed by atoms with Crippen molar-refractivity contribution in [1.29, 1.82) is 0 Å². The van der Waals surface area contributed by atoms with Crippen LogP contribution in [-0.4, -0.2) is 39.0 Å². The molecule has 1 aromatic carbocycles. The molecule has 0 fully saturated rings. The molecule has 0 unspecified atom stereocenters. The van der Waals surface area contributed by atoms with E-state index in [9.17, 15) is 9.59 Å². The lowest BCUT2D eigenvalue weighted by molar-refractivity contribution is 0.0958. The van der Waals surface area contributed by atoms with Crippen LogP contribution in [0, 0.1) is 0 Å². The lowest BCUT2D eigenvalue weighted by Gasteiger charge is -2.09. The average Bonchev–Trinajstić information content (AvgIpc) is 3.39. The Bertz CT molecular complexity index is 1150. The third-order valence-electron chi connectivity index (χ3n) is 4.41. The van der Waals surface area contributed by atoms with Crippen molar-refractivity contribution in [3.05, 3.63) is 77.5 Å². The van der Waals surface area contributed by atoms with E-state index < -0.39 is 0 Å². The van der Waals surface area contributed by atoms with Crippen molar-refractivity contribution >= 4 is 28.4 Å². The Kier molecular flexibility index (Phi) is 4.59. The number of carbonyl (C=O) groups is 2. The molecule has 0 bridgehead atoms. The molecule has 8 heteroatoms. The van der Waals surface area contributed by atoms with Gasteiger partial charge in [-0.05, 0) is 29.8 Å². The minimum Gasteiger partial charge on any atom is -0.361 e. The van der Waals surface area contributed by atoms with Crippen molar-refractivity contribution < 1.29 is 9.59 Å². The second-order valence-electron chi connectivity index (χ2n) is 6.29. The van der Waals surface area contributed by atoms with Gasteiger partial charge in [0.25, 0.3) is 11.8 Å². The van der Waals surface area contributed by atoms with Gasteiger partial charge in [-0.25, -0.2) is 4.98 Å². The third kappa shape index (κ3) is 3.48. The zero-order valence-corrected chi connectivity index (χ0v) is 15.1. The van der Waals surface area contributed by atoms with E-state index in [1.807, 2.05) is 30.5 Å². The predicted octanol–water partition coefficient (Wildman–Crippen LogP) is 2.49. The van der Waals surface area contributed by atoms with Crippen LogP contribution in [0.5, 0.6) is 0 Å². The summed E-state index contributed by atoms with van der Waals surface area (Å²) in [6.45, 7) is 0. The third-order valence-corrected chi connectivity index (χ3v) is 4.41. The summed E-state index contributed by atoms with van der Waals surface area (Å²) in [7, 11) is 1.53. The lowest BCUT2D eigenvalue weighted by Crippen LogP contribution is -2.21. The molecule has 2 amide bonds. The summed E-state index contributed by atoms with van der Waals surface area (Å²) in [4.78, 5) is 32.4. The Morgan fingerprint density at radius 2 is 2.04 bits per heavy atom. The van der Waals surface area contributed by atoms with Crippen LogP contribution in [0.15, 0.2) is 55.0 Å². The molecule has 0 spiro atoms. The van der Waals surface area contributed by atoms with Gasteiger partial charge in [0, 0.05) is 48.0 Å². The molecule has 0 aliphatic carbocycles. The van der Waals surface area contributed by atoms with Gasteiger partial charge in [-0.15, -0.1) is 0 Å². The van der Waals surface area contributed by atoms with E-state index in [4.69, 9.17) is 0 Å². The summed E-state index contributed by atoms with van der Waals surface area (Å²) in [5.74, 6) is -0.686. The topological polar surface area (TPSA) is 116 Å². The van der Waals surface area contributed by atoms with Crippen molar-refractivity contribution in [1.82, 2.24) is 25.5 Å². The fraction of sp³-hybridized carbons (Fsp3) is 0.100. The highest BCUT2D eigenvalue weighted by atomic mass is 16.2. The van der Waals surface area contributed by atoms with Crippen LogP contribution in [0.1, 0.15) is 32.1 Å². The van der Waals surface area contributed by atoms with E-state index in [1.165, 1.54) is 19.3 Å². The van der Waals surface area contributed by atoms with Gasteiger partial charge in [0.15, 0.2) is 0 Å². The van der Waals surface area contributed by atoms with Gasteiger partial charge >= 0.3 is 0 Å². The SMILES string of the molecule is CNC(=O)c1cc(C(=O)Nc2cn[nH]c2)cc(Cc2cccc3[nH]ccc23)n1. The number of rotatable bonds is 5. The smallest absolute Gasteiger partial charge is 0.269 e. The number of carbonyl (C=O) groups excluding carboxylic acids is 2. The second-order valence-corrected chi connectivity index (χ2v) is 6.29. The quantitative estimate of drug-likeness (QED) is 0.429. The number of hydrogen-bond acceptors (Lipinski definition) is 4. The molecular formula is C20H18N6O2. The van der Waals surface area contributed by atoms with E-state index in [-0.39, 0.29) is 17.5 Å². The Balaban J connectivity index is 1.70. The summed E-state index contributed by atoms with van der Waals surface area (Å²) < 4.78 is 0. The summed E-state index contributed by atoms with van der Waals surface area (Å²) >= 11 is 0. The van der Waals surface area contributed by atoms with Gasteiger partial charge < -0.3 is 15.6 Å². The summed E-state index contributed by atoms with van der Waals surface area (Å²) in [5, 5.41) is 12.8. The minimum atomic E-state index is -0.348. The van der Waals surface area contributed by atoms with Crippen LogP contribution >= 0.6 is 0 Å². The van der Waals surface area contributed by atoms with E-state index >= 15 is 0 Å². The average molecular weight is 374 g/mol. The number of anilines is 1. The molecule has 0 aliphatic rings. The van der Waals surface area contributed by atoms with Gasteiger partial charge in [0.2, 0.25) is 0 Å². The first-order chi connectivity index (χ1) is 13.6. The van der Waals surface area contributed by atoms with E-state index in [0.29, 0.717) is 23.4 Å². The Morgan fingerprint density at radius 1 is 1.14 bits per heavy atom. The molecule has 4 N–H and O–H groups in total. The van der Waals surface area contributed by atoms with Crippen molar-refractivity contribution in [2.24, 2.45) is 0 Å². The van der Waals surface area contributed by atoms with Crippen molar-refractivity contribution in [3.8, 4) is 0 Å². The zero-order chi connectivity index (χ0) is 19.5. The van der Waals surface area contributed by atoms with E-state index in [1.54, 1.807) is 12.3 Å². The number of H-pyrrole nitrogens is 2. The predicted molar refractivity (Wildman–Crippen MR) is 105 cm³/mol. The molecule has 28 heavy (non-hydrogen) atoms. The van der Waals surface area contributed by atoms with Crippen molar-refractivity contribution in [2.75, 3.05) is 12.4 Å². The number of aromatic nitrogens is 4. The highest BCUT2D eigenvalue weighted by Crippen LogP contribution is 2.21. The van der Waals surface area contributed by atoms with E-state index in [0.717, 1.165) is 16.5 Å². The lowest BCUT2D eigenvalue weighted by atomic mass is 10.0. The van der Waals surface area contributed by atoms with Gasteiger partial charge in [-0.2, -0.15) is 5.10 Å². The van der Waals surface area contributed by atoms with Crippen LogP contribution in [0.4, 0.5) is 5.69 Å². The number of aromatic amines is 2. The number of nitrogens with zero attached hydrogens (tertiary/aromatic N) is 2. The highest BCUT2D eigenvalue weighted by molar-refractivity contribution is 6.05. The minimum absolute atomic E-state index is 0.193. The fourth-order valence-corrected chi connectivity index (χ4v) is 3.08. The van der Waals surface area contributed by atoms with Crippen LogP contribution < -0.4 is 10.6 Å². The number of hydrogen-bond donors (Lipinski definition) is 4. The second kappa shape index (κ2) is 7.36. The van der Waals surface area contributed by atoms with Crippen LogP contribution in [-0.2, 0) is 6.42 Å². The number of nitrogens with one attached hydrogen (secondary N) is 4. The molecule has 0 radical (unpaired) electrons. The molecule has 0 saturated heterocycles. The largest absolute Gasteiger partial charge is 0.361 e. The van der Waals surface area contributed by atoms with Crippen LogP contribution in [0.25, 0.3) is 10.9 Å². The Morgan fingerprint density at radius 3 is 2.82 bits per heavy atom. The molecule has 8 nitrogen and oxygen atoms in total. The van der Waals surface area contributed by atoms with Crippen molar-refractivity contribution in [3.63, 3.8) is 0 Å². The molecule has 0 atom stereocenters. The first kappa shape index (κ1) is 17.5. The number of amides is 2. The maximum Gasteiger partial charge on any atom is 0.269 e. The molecule has 140 valence electrons. The molecule has 3 aromatic heterocycles. The molecule has 3 heterocycles. The van der Waals surface area contributed by atoms with Gasteiger partial charge in [-0.3, -0.25) is 14.7 Å².